The van der Waals surface area contributed by atoms with Crippen molar-refractivity contribution in [3.05, 3.63) is 26.7 Å². The molecule has 0 N–H and O–H groups in total. The summed E-state index contributed by atoms with van der Waals surface area (Å²) in [7, 11) is 2.31. The van der Waals surface area contributed by atoms with Crippen molar-refractivity contribution in [1.82, 2.24) is 0 Å². The van der Waals surface area contributed by atoms with Crippen LogP contribution >= 0.6 is 26.6 Å². The Morgan fingerprint density at radius 1 is 1.50 bits per heavy atom. The highest BCUT2D eigenvalue weighted by Crippen LogP contribution is 2.37. The van der Waals surface area contributed by atoms with E-state index in [1.54, 1.807) is 0 Å². The molecule has 0 spiro atoms. The largest absolute Gasteiger partial charge is 0.496 e. The maximum Gasteiger partial charge on any atom is 0.288 e. The first-order valence-electron chi connectivity index (χ1n) is 3.74. The zero-order valence-electron chi connectivity index (χ0n) is 7.81. The Kier molecular flexibility index (Phi) is 3.76. The molecule has 0 aliphatic carbocycles. The van der Waals surface area contributed by atoms with Crippen molar-refractivity contribution in [3.63, 3.8) is 0 Å². The van der Waals surface area contributed by atoms with Gasteiger partial charge in [0.05, 0.1) is 18.1 Å². The van der Waals surface area contributed by atoms with Gasteiger partial charge in [0.1, 0.15) is 15.1 Å². The molecule has 1 aromatic carbocycles. The SMILES string of the molecule is COc1cc([N+](=O)[O-])c(Br)c(S(=O)(=O)Cl)c1. The fourth-order valence-electron chi connectivity index (χ4n) is 0.987. The summed E-state index contributed by atoms with van der Waals surface area (Å²) in [6, 6.07) is 2.19. The van der Waals surface area contributed by atoms with Gasteiger partial charge in [0.2, 0.25) is 0 Å². The average Bonchev–Trinajstić information content (AvgIpc) is 2.15. The minimum atomic E-state index is -4.08. The van der Waals surface area contributed by atoms with Gasteiger partial charge < -0.3 is 4.74 Å². The maximum atomic E-state index is 11.2. The molecule has 0 saturated carbocycles. The third kappa shape index (κ3) is 2.63. The lowest BCUT2D eigenvalue weighted by Crippen LogP contribution is -1.98. The molecule has 9 heteroatoms. The van der Waals surface area contributed by atoms with Gasteiger partial charge in [-0.05, 0) is 15.9 Å². The number of nitro benzene ring substituents is 1. The van der Waals surface area contributed by atoms with E-state index in [0.717, 1.165) is 12.1 Å². The minimum absolute atomic E-state index is 0.0362. The first-order valence-corrected chi connectivity index (χ1v) is 6.84. The predicted molar refractivity (Wildman–Crippen MR) is 60.4 cm³/mol. The van der Waals surface area contributed by atoms with Crippen molar-refractivity contribution in [2.24, 2.45) is 0 Å². The van der Waals surface area contributed by atoms with Gasteiger partial charge in [0, 0.05) is 16.7 Å². The summed E-state index contributed by atoms with van der Waals surface area (Å²) in [6.45, 7) is 0. The highest BCUT2D eigenvalue weighted by molar-refractivity contribution is 9.10. The van der Waals surface area contributed by atoms with Crippen LogP contribution in [0.25, 0.3) is 0 Å². The van der Waals surface area contributed by atoms with E-state index in [9.17, 15) is 18.5 Å². The van der Waals surface area contributed by atoms with Crippen molar-refractivity contribution in [2.75, 3.05) is 7.11 Å². The van der Waals surface area contributed by atoms with Crippen molar-refractivity contribution in [3.8, 4) is 5.75 Å². The van der Waals surface area contributed by atoms with Crippen LogP contribution in [0.5, 0.6) is 5.75 Å². The van der Waals surface area contributed by atoms with Crippen LogP contribution in [-0.2, 0) is 9.05 Å². The summed E-state index contributed by atoms with van der Waals surface area (Å²) in [5, 5.41) is 10.7. The Labute approximate surface area is 104 Å². The van der Waals surface area contributed by atoms with Crippen molar-refractivity contribution in [1.29, 1.82) is 0 Å². The Balaban J connectivity index is 3.63. The number of nitro groups is 1. The third-order valence-corrected chi connectivity index (χ3v) is 4.13. The fraction of sp³-hybridized carbons (Fsp3) is 0.143. The van der Waals surface area contributed by atoms with Gasteiger partial charge in [-0.3, -0.25) is 10.1 Å². The van der Waals surface area contributed by atoms with E-state index in [1.807, 2.05) is 0 Å². The number of nitrogens with zero attached hydrogens (tertiary/aromatic N) is 1. The number of benzene rings is 1. The normalized spacial score (nSPS) is 11.2. The van der Waals surface area contributed by atoms with Crippen LogP contribution in [0.4, 0.5) is 5.69 Å². The monoisotopic (exact) mass is 329 g/mol. The second-order valence-corrected chi connectivity index (χ2v) is 5.98. The van der Waals surface area contributed by atoms with Crippen molar-refractivity contribution in [2.45, 2.75) is 4.90 Å². The molecular formula is C7H5BrClNO5S. The average molecular weight is 331 g/mol. The van der Waals surface area contributed by atoms with Crippen molar-refractivity contribution < 1.29 is 18.1 Å². The van der Waals surface area contributed by atoms with E-state index >= 15 is 0 Å². The second-order valence-electron chi connectivity index (χ2n) is 2.65. The number of methoxy groups -OCH3 is 1. The van der Waals surface area contributed by atoms with Gasteiger partial charge >= 0.3 is 0 Å². The molecule has 0 fully saturated rings. The number of rotatable bonds is 3. The standard InChI is InChI=1S/C7H5BrClNO5S/c1-15-4-2-5(10(11)12)7(8)6(3-4)16(9,13)14/h2-3H,1H3. The lowest BCUT2D eigenvalue weighted by atomic mass is 10.3. The second kappa shape index (κ2) is 4.56. The molecule has 0 aliphatic heterocycles. The molecule has 0 aliphatic rings. The molecule has 1 rings (SSSR count). The van der Waals surface area contributed by atoms with Gasteiger partial charge in [0.25, 0.3) is 14.7 Å². The molecule has 16 heavy (non-hydrogen) atoms. The van der Waals surface area contributed by atoms with Crippen molar-refractivity contribution >= 4 is 41.4 Å². The van der Waals surface area contributed by atoms with Crippen LogP contribution in [0, 0.1) is 10.1 Å². The lowest BCUT2D eigenvalue weighted by molar-refractivity contribution is -0.386. The summed E-state index contributed by atoms with van der Waals surface area (Å²) in [5.74, 6) is 0.0362. The molecule has 0 unspecified atom stereocenters. The number of ether oxygens (including phenoxy) is 1. The molecule has 0 radical (unpaired) electrons. The van der Waals surface area contributed by atoms with Crippen LogP contribution in [0.3, 0.4) is 0 Å². The quantitative estimate of drug-likeness (QED) is 0.482. The maximum absolute atomic E-state index is 11.2. The Morgan fingerprint density at radius 3 is 2.44 bits per heavy atom. The Hall–Kier alpha value is -0.860. The first-order chi connectivity index (χ1) is 7.27. The summed E-state index contributed by atoms with van der Waals surface area (Å²) >= 11 is 2.82. The summed E-state index contributed by atoms with van der Waals surface area (Å²) in [4.78, 5) is 9.51. The van der Waals surface area contributed by atoms with Gasteiger partial charge in [-0.2, -0.15) is 0 Å². The lowest BCUT2D eigenvalue weighted by Gasteiger charge is -2.05. The number of halogens is 2. The molecule has 6 nitrogen and oxygen atoms in total. The van der Waals surface area contributed by atoms with E-state index in [4.69, 9.17) is 15.4 Å². The fourth-order valence-corrected chi connectivity index (χ4v) is 3.22. The molecule has 0 saturated heterocycles. The molecule has 88 valence electrons. The molecule has 0 aromatic heterocycles. The minimum Gasteiger partial charge on any atom is -0.496 e. The molecule has 0 bridgehead atoms. The number of hydrogen-bond acceptors (Lipinski definition) is 5. The van der Waals surface area contributed by atoms with Gasteiger partial charge in [-0.25, -0.2) is 8.42 Å². The third-order valence-electron chi connectivity index (χ3n) is 1.69. The Morgan fingerprint density at radius 2 is 2.06 bits per heavy atom. The van der Waals surface area contributed by atoms with E-state index in [-0.39, 0.29) is 10.2 Å². The first kappa shape index (κ1) is 13.2. The molecule has 0 amide bonds. The predicted octanol–water partition coefficient (Wildman–Crippen LogP) is 2.29. The number of hydrogen-bond donors (Lipinski definition) is 0. The zero-order valence-corrected chi connectivity index (χ0v) is 11.0. The Bertz CT molecular complexity index is 544. The topological polar surface area (TPSA) is 86.5 Å². The van der Waals surface area contributed by atoms with Crippen LogP contribution in [0.2, 0.25) is 0 Å². The van der Waals surface area contributed by atoms with Crippen LogP contribution in [0.1, 0.15) is 0 Å². The molecule has 0 heterocycles. The molecular weight excluding hydrogens is 326 g/mol. The van der Waals surface area contributed by atoms with Crippen LogP contribution < -0.4 is 4.74 Å². The van der Waals surface area contributed by atoms with Gasteiger partial charge in [-0.15, -0.1) is 0 Å². The zero-order chi connectivity index (χ0) is 12.5. The highest BCUT2D eigenvalue weighted by atomic mass is 79.9. The molecule has 0 atom stereocenters. The van der Waals surface area contributed by atoms with Crippen LogP contribution in [0.15, 0.2) is 21.5 Å². The summed E-state index contributed by atoms with van der Waals surface area (Å²) in [5.41, 5.74) is -0.432. The van der Waals surface area contributed by atoms with Gasteiger partial charge in [0.15, 0.2) is 0 Å². The molecule has 1 aromatic rings. The van der Waals surface area contributed by atoms with E-state index < -0.39 is 24.6 Å². The smallest absolute Gasteiger partial charge is 0.288 e. The van der Waals surface area contributed by atoms with Crippen LogP contribution in [-0.4, -0.2) is 20.5 Å². The summed E-state index contributed by atoms with van der Waals surface area (Å²) in [6.07, 6.45) is 0. The van der Waals surface area contributed by atoms with E-state index in [1.165, 1.54) is 7.11 Å². The summed E-state index contributed by atoms with van der Waals surface area (Å²) < 4.78 is 26.9. The highest BCUT2D eigenvalue weighted by Gasteiger charge is 2.24. The van der Waals surface area contributed by atoms with E-state index in [2.05, 4.69) is 15.9 Å². The van der Waals surface area contributed by atoms with Gasteiger partial charge in [-0.1, -0.05) is 0 Å². The van der Waals surface area contributed by atoms with E-state index in [0.29, 0.717) is 0 Å².